The molecule has 1 aromatic rings. The number of nitrogens with zero attached hydrogens (tertiary/aromatic N) is 2. The summed E-state index contributed by atoms with van der Waals surface area (Å²) in [6.07, 6.45) is 0.607. The van der Waals surface area contributed by atoms with Crippen LogP contribution in [-0.4, -0.2) is 26.4 Å². The van der Waals surface area contributed by atoms with Crippen LogP contribution in [0, 0.1) is 6.92 Å². The van der Waals surface area contributed by atoms with E-state index in [0.717, 1.165) is 5.69 Å². The van der Waals surface area contributed by atoms with Gasteiger partial charge in [0, 0.05) is 17.0 Å². The topological polar surface area (TPSA) is 72.2 Å². The van der Waals surface area contributed by atoms with Crippen LogP contribution in [0.1, 0.15) is 30.6 Å². The molecular weight excluding hydrogens is 240 g/mol. The standard InChI is InChI=1S/C11H14N2O3S/c1-3-8-6(2)12-11-13(10(8)16)7(5-17-11)4-9(14)15/h7H,3-5H2,1-2H3,(H,14,15)/t7-/m0/s1. The van der Waals surface area contributed by atoms with Gasteiger partial charge < -0.3 is 5.11 Å². The second-order valence-electron chi connectivity index (χ2n) is 4.05. The fraction of sp³-hybridized carbons (Fsp3) is 0.545. The van der Waals surface area contributed by atoms with Crippen LogP contribution in [0.5, 0.6) is 0 Å². The minimum atomic E-state index is -0.881. The molecule has 0 saturated carbocycles. The SMILES string of the molecule is CCc1c(C)nc2n(c1=O)[C@@H](CC(=O)O)CS2. The molecule has 0 amide bonds. The second kappa shape index (κ2) is 4.52. The molecule has 0 unspecified atom stereocenters. The normalized spacial score (nSPS) is 18.1. The fourth-order valence-electron chi connectivity index (χ4n) is 2.08. The Morgan fingerprint density at radius 3 is 2.94 bits per heavy atom. The summed E-state index contributed by atoms with van der Waals surface area (Å²) >= 11 is 1.45. The number of fused-ring (bicyclic) bond motifs is 1. The van der Waals surface area contributed by atoms with Gasteiger partial charge in [-0.25, -0.2) is 4.98 Å². The van der Waals surface area contributed by atoms with Crippen molar-refractivity contribution in [2.45, 2.75) is 37.9 Å². The first-order valence-electron chi connectivity index (χ1n) is 5.51. The smallest absolute Gasteiger partial charge is 0.305 e. The van der Waals surface area contributed by atoms with Gasteiger partial charge in [0.2, 0.25) is 0 Å². The Morgan fingerprint density at radius 2 is 2.35 bits per heavy atom. The lowest BCUT2D eigenvalue weighted by atomic mass is 10.1. The molecular formula is C11H14N2O3S. The largest absolute Gasteiger partial charge is 0.481 e. The van der Waals surface area contributed by atoms with E-state index in [0.29, 0.717) is 22.9 Å². The van der Waals surface area contributed by atoms with Gasteiger partial charge in [-0.1, -0.05) is 18.7 Å². The van der Waals surface area contributed by atoms with Crippen molar-refractivity contribution < 1.29 is 9.90 Å². The highest BCUT2D eigenvalue weighted by Gasteiger charge is 2.28. The van der Waals surface area contributed by atoms with E-state index in [4.69, 9.17) is 5.11 Å². The summed E-state index contributed by atoms with van der Waals surface area (Å²) in [4.78, 5) is 27.3. The number of carboxylic acid groups (broad SMARTS) is 1. The van der Waals surface area contributed by atoms with E-state index in [2.05, 4.69) is 4.98 Å². The molecule has 1 atom stereocenters. The van der Waals surface area contributed by atoms with Crippen molar-refractivity contribution >= 4 is 17.7 Å². The zero-order valence-electron chi connectivity index (χ0n) is 9.77. The number of hydrogen-bond acceptors (Lipinski definition) is 4. The predicted octanol–water partition coefficient (Wildman–Crippen LogP) is 1.24. The molecule has 0 fully saturated rings. The molecule has 0 saturated heterocycles. The van der Waals surface area contributed by atoms with Crippen LogP contribution in [-0.2, 0) is 11.2 Å². The summed E-state index contributed by atoms with van der Waals surface area (Å²) in [6.45, 7) is 3.73. The maximum absolute atomic E-state index is 12.2. The molecule has 92 valence electrons. The zero-order chi connectivity index (χ0) is 12.6. The molecule has 0 aromatic carbocycles. The lowest BCUT2D eigenvalue weighted by Crippen LogP contribution is -2.29. The molecule has 1 N–H and O–H groups in total. The maximum Gasteiger partial charge on any atom is 0.305 e. The Bertz CT molecular complexity index is 524. The molecule has 17 heavy (non-hydrogen) atoms. The van der Waals surface area contributed by atoms with Gasteiger partial charge in [0.05, 0.1) is 12.5 Å². The summed E-state index contributed by atoms with van der Waals surface area (Å²) in [6, 6.07) is -0.265. The van der Waals surface area contributed by atoms with E-state index in [9.17, 15) is 9.59 Å². The number of aryl methyl sites for hydroxylation is 1. The molecule has 1 aliphatic heterocycles. The monoisotopic (exact) mass is 254 g/mol. The van der Waals surface area contributed by atoms with Crippen molar-refractivity contribution in [1.29, 1.82) is 0 Å². The quantitative estimate of drug-likeness (QED) is 0.821. The van der Waals surface area contributed by atoms with Gasteiger partial charge in [-0.15, -0.1) is 0 Å². The van der Waals surface area contributed by atoms with Crippen LogP contribution in [0.15, 0.2) is 9.95 Å². The third kappa shape index (κ3) is 2.09. The summed E-state index contributed by atoms with van der Waals surface area (Å²) in [5, 5.41) is 9.48. The first-order chi connectivity index (χ1) is 8.04. The molecule has 2 rings (SSSR count). The van der Waals surface area contributed by atoms with E-state index < -0.39 is 5.97 Å². The molecule has 6 heteroatoms. The van der Waals surface area contributed by atoms with Crippen molar-refractivity contribution in [3.63, 3.8) is 0 Å². The van der Waals surface area contributed by atoms with Crippen LogP contribution in [0.4, 0.5) is 0 Å². The van der Waals surface area contributed by atoms with Crippen molar-refractivity contribution in [3.05, 3.63) is 21.6 Å². The maximum atomic E-state index is 12.2. The van der Waals surface area contributed by atoms with E-state index in [1.165, 1.54) is 11.8 Å². The van der Waals surface area contributed by atoms with Crippen LogP contribution in [0.2, 0.25) is 0 Å². The Balaban J connectivity index is 2.51. The molecule has 1 aromatic heterocycles. The summed E-state index contributed by atoms with van der Waals surface area (Å²) in [5.41, 5.74) is 1.37. The Kier molecular flexibility index (Phi) is 3.24. The van der Waals surface area contributed by atoms with Gasteiger partial charge >= 0.3 is 5.97 Å². The van der Waals surface area contributed by atoms with Gasteiger partial charge in [-0.3, -0.25) is 14.2 Å². The van der Waals surface area contributed by atoms with Crippen LogP contribution >= 0.6 is 11.8 Å². The highest BCUT2D eigenvalue weighted by Crippen LogP contribution is 2.32. The Labute approximate surface area is 103 Å². The van der Waals surface area contributed by atoms with Crippen molar-refractivity contribution in [1.82, 2.24) is 9.55 Å². The molecule has 0 aliphatic carbocycles. The number of carbonyl (C=O) groups is 1. The second-order valence-corrected chi connectivity index (χ2v) is 5.04. The van der Waals surface area contributed by atoms with Crippen molar-refractivity contribution in [3.8, 4) is 0 Å². The molecule has 0 bridgehead atoms. The minimum Gasteiger partial charge on any atom is -0.481 e. The van der Waals surface area contributed by atoms with Gasteiger partial charge in [0.25, 0.3) is 5.56 Å². The van der Waals surface area contributed by atoms with E-state index in [1.807, 2.05) is 13.8 Å². The van der Waals surface area contributed by atoms with Gasteiger partial charge in [-0.2, -0.15) is 0 Å². The average Bonchev–Trinajstić information content (AvgIpc) is 2.61. The third-order valence-corrected chi connectivity index (χ3v) is 4.01. The third-order valence-electron chi connectivity index (χ3n) is 2.92. The van der Waals surface area contributed by atoms with Gasteiger partial charge in [0.1, 0.15) is 0 Å². The lowest BCUT2D eigenvalue weighted by molar-refractivity contribution is -0.137. The number of carboxylic acids is 1. The number of hydrogen-bond donors (Lipinski definition) is 1. The van der Waals surface area contributed by atoms with Gasteiger partial charge in [0.15, 0.2) is 5.16 Å². The molecule has 2 heterocycles. The number of rotatable bonds is 3. The first-order valence-corrected chi connectivity index (χ1v) is 6.49. The van der Waals surface area contributed by atoms with Gasteiger partial charge in [-0.05, 0) is 13.3 Å². The van der Waals surface area contributed by atoms with E-state index in [-0.39, 0.29) is 18.0 Å². The average molecular weight is 254 g/mol. The van der Waals surface area contributed by atoms with Crippen LogP contribution < -0.4 is 5.56 Å². The van der Waals surface area contributed by atoms with E-state index in [1.54, 1.807) is 4.57 Å². The Morgan fingerprint density at radius 1 is 1.65 bits per heavy atom. The number of thioether (sulfide) groups is 1. The fourth-order valence-corrected chi connectivity index (χ4v) is 3.26. The molecule has 1 aliphatic rings. The number of aromatic nitrogens is 2. The minimum absolute atomic E-state index is 0.0200. The van der Waals surface area contributed by atoms with E-state index >= 15 is 0 Å². The summed E-state index contributed by atoms with van der Waals surface area (Å²) in [5.74, 6) is -0.268. The lowest BCUT2D eigenvalue weighted by Gasteiger charge is -2.13. The summed E-state index contributed by atoms with van der Waals surface area (Å²) < 4.78 is 1.55. The highest BCUT2D eigenvalue weighted by atomic mass is 32.2. The Hall–Kier alpha value is -1.30. The molecule has 5 nitrogen and oxygen atoms in total. The van der Waals surface area contributed by atoms with Crippen molar-refractivity contribution in [2.75, 3.05) is 5.75 Å². The van der Waals surface area contributed by atoms with Crippen LogP contribution in [0.3, 0.4) is 0 Å². The van der Waals surface area contributed by atoms with Crippen molar-refractivity contribution in [2.24, 2.45) is 0 Å². The predicted molar refractivity (Wildman–Crippen MR) is 64.6 cm³/mol. The number of aliphatic carboxylic acids is 1. The summed E-state index contributed by atoms with van der Waals surface area (Å²) in [7, 11) is 0. The zero-order valence-corrected chi connectivity index (χ0v) is 10.6. The molecule has 0 spiro atoms. The molecule has 0 radical (unpaired) electrons. The first kappa shape index (κ1) is 12.2. The highest BCUT2D eigenvalue weighted by molar-refractivity contribution is 7.99. The van der Waals surface area contributed by atoms with Crippen LogP contribution in [0.25, 0.3) is 0 Å².